The first-order chi connectivity index (χ1) is 14.7. The molecule has 0 aliphatic carbocycles. The van der Waals surface area contributed by atoms with Gasteiger partial charge in [-0.25, -0.2) is 0 Å². The molecule has 0 saturated heterocycles. The Morgan fingerprint density at radius 1 is 0.667 bits per heavy atom. The third kappa shape index (κ3) is 18.5. The van der Waals surface area contributed by atoms with E-state index in [1.807, 2.05) is 19.1 Å². The van der Waals surface area contributed by atoms with E-state index >= 15 is 0 Å². The Kier molecular flexibility index (Phi) is 21.1. The molecule has 0 aliphatic heterocycles. The monoisotopic (exact) mass is 419 g/mol. The van der Waals surface area contributed by atoms with Crippen molar-refractivity contribution in [3.63, 3.8) is 0 Å². The highest BCUT2D eigenvalue weighted by Crippen LogP contribution is 2.25. The summed E-state index contributed by atoms with van der Waals surface area (Å²) >= 11 is 0. The van der Waals surface area contributed by atoms with Crippen molar-refractivity contribution in [1.82, 2.24) is 0 Å². The molecule has 3 nitrogen and oxygen atoms in total. The molecule has 3 heteroatoms. The van der Waals surface area contributed by atoms with Crippen molar-refractivity contribution in [3.05, 3.63) is 29.8 Å². The summed E-state index contributed by atoms with van der Waals surface area (Å²) in [5, 5.41) is 18.0. The van der Waals surface area contributed by atoms with Gasteiger partial charge in [-0.15, -0.1) is 0 Å². The second-order valence-electron chi connectivity index (χ2n) is 8.34. The van der Waals surface area contributed by atoms with Gasteiger partial charge in [0.2, 0.25) is 0 Å². The van der Waals surface area contributed by atoms with Crippen molar-refractivity contribution in [2.75, 3.05) is 6.54 Å². The van der Waals surface area contributed by atoms with Gasteiger partial charge in [0, 0.05) is 0 Å². The van der Waals surface area contributed by atoms with Crippen LogP contribution in [0.2, 0.25) is 0 Å². The van der Waals surface area contributed by atoms with Crippen molar-refractivity contribution in [3.8, 4) is 11.5 Å². The van der Waals surface area contributed by atoms with Gasteiger partial charge in [-0.1, -0.05) is 121 Å². The molecule has 0 radical (unpaired) electrons. The fraction of sp³-hybridized carbons (Fsp3) is 0.704. The second kappa shape index (κ2) is 22.2. The predicted molar refractivity (Wildman–Crippen MR) is 133 cm³/mol. The molecule has 0 spiro atoms. The first kappa shape index (κ1) is 28.5. The Morgan fingerprint density at radius 2 is 1.10 bits per heavy atom. The number of rotatable bonds is 17. The number of phenolic OH excluding ortho intramolecular Hbond substituents is 2. The molecule has 1 aromatic carbocycles. The average Bonchev–Trinajstić information content (AvgIpc) is 2.74. The zero-order valence-electron chi connectivity index (χ0n) is 19.9. The van der Waals surface area contributed by atoms with Gasteiger partial charge in [0.05, 0.1) is 0 Å². The van der Waals surface area contributed by atoms with Gasteiger partial charge < -0.3 is 15.9 Å². The van der Waals surface area contributed by atoms with Crippen molar-refractivity contribution in [2.24, 2.45) is 5.73 Å². The molecule has 0 aromatic heterocycles. The highest BCUT2D eigenvalue weighted by atomic mass is 16.3. The first-order valence-corrected chi connectivity index (χ1v) is 12.5. The molecule has 4 N–H and O–H groups in total. The smallest absolute Gasteiger partial charge is 0.157 e. The van der Waals surface area contributed by atoms with Gasteiger partial charge in [0.15, 0.2) is 11.5 Å². The van der Waals surface area contributed by atoms with Gasteiger partial charge in [-0.3, -0.25) is 0 Å². The number of benzene rings is 1. The summed E-state index contributed by atoms with van der Waals surface area (Å²) in [6, 6.07) is 4.70. The first-order valence-electron chi connectivity index (χ1n) is 12.5. The van der Waals surface area contributed by atoms with Crippen LogP contribution >= 0.6 is 0 Å². The second-order valence-corrected chi connectivity index (χ2v) is 8.34. The molecule has 0 fully saturated rings. The lowest BCUT2D eigenvalue weighted by atomic mass is 10.0. The summed E-state index contributed by atoms with van der Waals surface area (Å²) < 4.78 is 0. The largest absolute Gasteiger partial charge is 0.504 e. The SMILES string of the molecule is C/C=C/c1ccc(O)c(O)c1.CCCCCCCCCCCCCCCCCCN. The van der Waals surface area contributed by atoms with E-state index in [4.69, 9.17) is 15.9 Å². The maximum atomic E-state index is 9.04. The molecular weight excluding hydrogens is 370 g/mol. The van der Waals surface area contributed by atoms with E-state index in [-0.39, 0.29) is 11.5 Å². The average molecular weight is 420 g/mol. The van der Waals surface area contributed by atoms with Crippen LogP contribution in [0.3, 0.4) is 0 Å². The number of aromatic hydroxyl groups is 2. The molecule has 1 rings (SSSR count). The van der Waals surface area contributed by atoms with E-state index in [1.54, 1.807) is 6.07 Å². The van der Waals surface area contributed by atoms with Crippen LogP contribution in [0, 0.1) is 0 Å². The topological polar surface area (TPSA) is 66.5 Å². The van der Waals surface area contributed by atoms with Crippen LogP contribution in [0.25, 0.3) is 6.08 Å². The van der Waals surface area contributed by atoms with Crippen LogP contribution in [0.4, 0.5) is 0 Å². The number of hydrogen-bond donors (Lipinski definition) is 3. The number of phenols is 2. The maximum absolute atomic E-state index is 9.04. The summed E-state index contributed by atoms with van der Waals surface area (Å²) in [5.74, 6) is -0.168. The van der Waals surface area contributed by atoms with Crippen molar-refractivity contribution in [2.45, 2.75) is 117 Å². The Bertz CT molecular complexity index is 498. The quantitative estimate of drug-likeness (QED) is 0.175. The van der Waals surface area contributed by atoms with Crippen LogP contribution in [0.1, 0.15) is 122 Å². The minimum Gasteiger partial charge on any atom is -0.504 e. The fourth-order valence-corrected chi connectivity index (χ4v) is 3.53. The lowest BCUT2D eigenvalue weighted by Gasteiger charge is -2.03. The molecule has 0 bridgehead atoms. The summed E-state index contributed by atoms with van der Waals surface area (Å²) in [7, 11) is 0. The number of allylic oxidation sites excluding steroid dienone is 1. The van der Waals surface area contributed by atoms with E-state index in [9.17, 15) is 0 Å². The minimum atomic E-state index is -0.0850. The third-order valence-electron chi connectivity index (χ3n) is 5.42. The highest BCUT2D eigenvalue weighted by molar-refractivity contribution is 5.54. The Hall–Kier alpha value is -1.48. The van der Waals surface area contributed by atoms with E-state index in [0.29, 0.717) is 0 Å². The van der Waals surface area contributed by atoms with Crippen molar-refractivity contribution >= 4 is 6.08 Å². The molecule has 0 aliphatic rings. The summed E-state index contributed by atoms with van der Waals surface area (Å²) in [4.78, 5) is 0. The van der Waals surface area contributed by atoms with Gasteiger partial charge in [0.1, 0.15) is 0 Å². The highest BCUT2D eigenvalue weighted by Gasteiger charge is 1.96. The molecule has 1 aromatic rings. The molecule has 0 heterocycles. The molecule has 174 valence electrons. The van der Waals surface area contributed by atoms with E-state index in [1.165, 1.54) is 115 Å². The van der Waals surface area contributed by atoms with Crippen LogP contribution in [-0.4, -0.2) is 16.8 Å². The summed E-state index contributed by atoms with van der Waals surface area (Å²) in [5.41, 5.74) is 6.36. The molecular formula is C27H49NO2. The molecule has 0 amide bonds. The summed E-state index contributed by atoms with van der Waals surface area (Å²) in [6.07, 6.45) is 26.6. The molecule has 0 saturated carbocycles. The molecule has 0 unspecified atom stereocenters. The number of nitrogens with two attached hydrogens (primary N) is 1. The van der Waals surface area contributed by atoms with Crippen molar-refractivity contribution in [1.29, 1.82) is 0 Å². The van der Waals surface area contributed by atoms with Gasteiger partial charge >= 0.3 is 0 Å². The molecule has 0 atom stereocenters. The Morgan fingerprint density at radius 3 is 1.47 bits per heavy atom. The van der Waals surface area contributed by atoms with Crippen LogP contribution in [0.15, 0.2) is 24.3 Å². The van der Waals surface area contributed by atoms with Crippen LogP contribution in [-0.2, 0) is 0 Å². The van der Waals surface area contributed by atoms with Crippen LogP contribution < -0.4 is 5.73 Å². The lowest BCUT2D eigenvalue weighted by molar-refractivity contribution is 0.403. The number of unbranched alkanes of at least 4 members (excludes halogenated alkanes) is 15. The van der Waals surface area contributed by atoms with E-state index < -0.39 is 0 Å². The normalized spacial score (nSPS) is 10.9. The fourth-order valence-electron chi connectivity index (χ4n) is 3.53. The van der Waals surface area contributed by atoms with Gasteiger partial charge in [-0.2, -0.15) is 0 Å². The standard InChI is InChI=1S/C18H39N.C9H10O2/c1-2-3-4-5-6-7-8-9-10-11-12-13-14-15-16-17-18-19;1-2-3-7-4-5-8(10)9(11)6-7/h2-19H2,1H3;2-6,10-11H,1H3/b;3-2+. The zero-order valence-corrected chi connectivity index (χ0v) is 19.9. The van der Waals surface area contributed by atoms with E-state index in [2.05, 4.69) is 6.92 Å². The van der Waals surface area contributed by atoms with Gasteiger partial charge in [-0.05, 0) is 37.6 Å². The maximum Gasteiger partial charge on any atom is 0.157 e. The Balaban J connectivity index is 0.000000642. The summed E-state index contributed by atoms with van der Waals surface area (Å²) in [6.45, 7) is 5.06. The van der Waals surface area contributed by atoms with Crippen LogP contribution in [0.5, 0.6) is 11.5 Å². The van der Waals surface area contributed by atoms with Gasteiger partial charge in [0.25, 0.3) is 0 Å². The third-order valence-corrected chi connectivity index (χ3v) is 5.42. The lowest BCUT2D eigenvalue weighted by Crippen LogP contribution is -1.97. The Labute approximate surface area is 186 Å². The molecule has 30 heavy (non-hydrogen) atoms. The van der Waals surface area contributed by atoms with E-state index in [0.717, 1.165) is 12.1 Å². The zero-order chi connectivity index (χ0) is 22.3. The predicted octanol–water partition coefficient (Wildman–Crippen LogP) is 8.34. The minimum absolute atomic E-state index is 0.0828. The number of hydrogen-bond acceptors (Lipinski definition) is 3. The van der Waals surface area contributed by atoms with Crippen molar-refractivity contribution < 1.29 is 10.2 Å².